The first-order valence-corrected chi connectivity index (χ1v) is 4.11. The van der Waals surface area contributed by atoms with Gasteiger partial charge in [0.25, 0.3) is 0 Å². The standard InChI is InChI=1S/C9H11BO4/c1-6-3-7(9(11)13-2)5-8(4-6)14-10-12/h3-5,10,12H,1-2H3. The molecule has 1 aromatic carbocycles. The number of carbonyl (C=O) groups excluding carboxylic acids is 1. The van der Waals surface area contributed by atoms with E-state index in [2.05, 4.69) is 4.74 Å². The van der Waals surface area contributed by atoms with Gasteiger partial charge in [0.2, 0.25) is 0 Å². The fraction of sp³-hybridized carbons (Fsp3) is 0.222. The lowest BCUT2D eigenvalue weighted by atomic mass is 10.1. The van der Waals surface area contributed by atoms with Crippen LogP contribution in [0.15, 0.2) is 18.2 Å². The van der Waals surface area contributed by atoms with Crippen molar-refractivity contribution in [1.29, 1.82) is 0 Å². The summed E-state index contributed by atoms with van der Waals surface area (Å²) in [6, 6.07) is 4.94. The highest BCUT2D eigenvalue weighted by Gasteiger charge is 2.07. The molecule has 0 saturated carbocycles. The van der Waals surface area contributed by atoms with Gasteiger partial charge in [-0.3, -0.25) is 0 Å². The summed E-state index contributed by atoms with van der Waals surface area (Å²) < 4.78 is 9.44. The third-order valence-corrected chi connectivity index (χ3v) is 1.70. The number of carbonyl (C=O) groups is 1. The number of hydrogen-bond donors (Lipinski definition) is 1. The fourth-order valence-corrected chi connectivity index (χ4v) is 1.14. The van der Waals surface area contributed by atoms with E-state index in [9.17, 15) is 4.79 Å². The van der Waals surface area contributed by atoms with E-state index in [0.29, 0.717) is 11.3 Å². The van der Waals surface area contributed by atoms with Gasteiger partial charge in [0.15, 0.2) is 0 Å². The summed E-state index contributed by atoms with van der Waals surface area (Å²) in [5.74, 6) is 0.0318. The molecule has 0 amide bonds. The molecule has 0 aromatic heterocycles. The number of ether oxygens (including phenoxy) is 1. The summed E-state index contributed by atoms with van der Waals surface area (Å²) in [4.78, 5) is 11.2. The quantitative estimate of drug-likeness (QED) is 0.559. The van der Waals surface area contributed by atoms with Gasteiger partial charge >= 0.3 is 13.7 Å². The van der Waals surface area contributed by atoms with Gasteiger partial charge in [-0.15, -0.1) is 0 Å². The highest BCUT2D eigenvalue weighted by molar-refractivity contribution is 6.17. The molecule has 0 saturated heterocycles. The van der Waals surface area contributed by atoms with Crippen LogP contribution in [0.25, 0.3) is 0 Å². The van der Waals surface area contributed by atoms with Gasteiger partial charge < -0.3 is 14.4 Å². The summed E-state index contributed by atoms with van der Waals surface area (Å²) in [6.07, 6.45) is 0. The minimum atomic E-state index is -0.420. The van der Waals surface area contributed by atoms with E-state index in [1.807, 2.05) is 6.92 Å². The first kappa shape index (κ1) is 10.6. The molecule has 14 heavy (non-hydrogen) atoms. The zero-order valence-electron chi connectivity index (χ0n) is 8.11. The van der Waals surface area contributed by atoms with Crippen LogP contribution in [0.2, 0.25) is 0 Å². The van der Waals surface area contributed by atoms with Gasteiger partial charge in [0, 0.05) is 0 Å². The topological polar surface area (TPSA) is 55.8 Å². The molecule has 1 rings (SSSR count). The van der Waals surface area contributed by atoms with Crippen molar-refractivity contribution in [1.82, 2.24) is 0 Å². The lowest BCUT2D eigenvalue weighted by Crippen LogP contribution is -2.04. The van der Waals surface area contributed by atoms with E-state index in [-0.39, 0.29) is 0 Å². The van der Waals surface area contributed by atoms with Crippen LogP contribution >= 0.6 is 0 Å². The monoisotopic (exact) mass is 194 g/mol. The zero-order chi connectivity index (χ0) is 10.6. The summed E-state index contributed by atoms with van der Waals surface area (Å²) in [6.45, 7) is 1.83. The van der Waals surface area contributed by atoms with Crippen molar-refractivity contribution in [3.8, 4) is 5.75 Å². The van der Waals surface area contributed by atoms with Crippen LogP contribution in [0.4, 0.5) is 0 Å². The lowest BCUT2D eigenvalue weighted by Gasteiger charge is -2.06. The number of methoxy groups -OCH3 is 1. The molecule has 5 heteroatoms. The molecule has 0 unspecified atom stereocenters. The minimum absolute atomic E-state index is 0.413. The van der Waals surface area contributed by atoms with Crippen molar-refractivity contribution in [2.45, 2.75) is 6.92 Å². The molecular weight excluding hydrogens is 183 g/mol. The number of rotatable bonds is 3. The summed E-state index contributed by atoms with van der Waals surface area (Å²) >= 11 is 0. The second-order valence-corrected chi connectivity index (χ2v) is 2.80. The van der Waals surface area contributed by atoms with Crippen molar-refractivity contribution in [2.75, 3.05) is 7.11 Å². The SMILES string of the molecule is COC(=O)c1cc(C)cc(OBO)c1. The molecule has 74 valence electrons. The Hall–Kier alpha value is -1.49. The Balaban J connectivity index is 3.00. The maximum Gasteiger partial charge on any atom is 0.504 e. The van der Waals surface area contributed by atoms with E-state index in [0.717, 1.165) is 5.56 Å². The van der Waals surface area contributed by atoms with Gasteiger partial charge in [-0.1, -0.05) is 0 Å². The highest BCUT2D eigenvalue weighted by atomic mass is 16.5. The van der Waals surface area contributed by atoms with Crippen molar-refractivity contribution in [3.63, 3.8) is 0 Å². The fourth-order valence-electron chi connectivity index (χ4n) is 1.14. The van der Waals surface area contributed by atoms with Crippen LogP contribution in [-0.2, 0) is 4.74 Å². The third kappa shape index (κ3) is 2.50. The average Bonchev–Trinajstić information content (AvgIpc) is 2.16. The molecule has 1 aromatic rings. The summed E-state index contributed by atoms with van der Waals surface area (Å²) in [7, 11) is 0.904. The molecule has 0 bridgehead atoms. The maximum absolute atomic E-state index is 11.2. The van der Waals surface area contributed by atoms with Crippen molar-refractivity contribution in [3.05, 3.63) is 29.3 Å². The Kier molecular flexibility index (Phi) is 3.53. The molecule has 0 aliphatic carbocycles. The zero-order valence-corrected chi connectivity index (χ0v) is 8.11. The van der Waals surface area contributed by atoms with E-state index >= 15 is 0 Å². The Bertz CT molecular complexity index is 338. The number of hydrogen-bond acceptors (Lipinski definition) is 4. The Labute approximate surface area is 82.8 Å². The Morgan fingerprint density at radius 3 is 2.71 bits per heavy atom. The summed E-state index contributed by atoms with van der Waals surface area (Å²) in [5, 5.41) is 8.56. The molecular formula is C9H11BO4. The number of benzene rings is 1. The lowest BCUT2D eigenvalue weighted by molar-refractivity contribution is 0.0600. The average molecular weight is 194 g/mol. The normalized spacial score (nSPS) is 9.36. The summed E-state index contributed by atoms with van der Waals surface area (Å²) in [5.41, 5.74) is 1.28. The van der Waals surface area contributed by atoms with Gasteiger partial charge in [0.05, 0.1) is 12.7 Å². The molecule has 0 aliphatic heterocycles. The molecule has 0 fully saturated rings. The van der Waals surface area contributed by atoms with Crippen molar-refractivity contribution < 1.29 is 19.2 Å². The van der Waals surface area contributed by atoms with Gasteiger partial charge in [-0.05, 0) is 30.7 Å². The molecule has 0 heterocycles. The second-order valence-electron chi connectivity index (χ2n) is 2.80. The van der Waals surface area contributed by atoms with Gasteiger partial charge in [-0.2, -0.15) is 0 Å². The van der Waals surface area contributed by atoms with Crippen LogP contribution in [0, 0.1) is 6.92 Å². The van der Waals surface area contributed by atoms with Crippen LogP contribution in [-0.4, -0.2) is 25.8 Å². The molecule has 0 spiro atoms. The van der Waals surface area contributed by atoms with Gasteiger partial charge in [-0.25, -0.2) is 4.79 Å². The van der Waals surface area contributed by atoms with Crippen LogP contribution < -0.4 is 4.65 Å². The molecule has 0 radical (unpaired) electrons. The molecule has 0 atom stereocenters. The van der Waals surface area contributed by atoms with Gasteiger partial charge in [0.1, 0.15) is 5.75 Å². The Morgan fingerprint density at radius 1 is 1.43 bits per heavy atom. The van der Waals surface area contributed by atoms with E-state index in [1.54, 1.807) is 12.1 Å². The first-order valence-electron chi connectivity index (χ1n) is 4.11. The highest BCUT2D eigenvalue weighted by Crippen LogP contribution is 2.16. The predicted molar refractivity (Wildman–Crippen MR) is 52.5 cm³/mol. The Morgan fingerprint density at radius 2 is 2.14 bits per heavy atom. The van der Waals surface area contributed by atoms with Crippen LogP contribution in [0.3, 0.4) is 0 Å². The van der Waals surface area contributed by atoms with E-state index < -0.39 is 13.7 Å². The molecule has 1 N–H and O–H groups in total. The van der Waals surface area contributed by atoms with Crippen LogP contribution in [0.5, 0.6) is 5.75 Å². The minimum Gasteiger partial charge on any atom is -0.539 e. The van der Waals surface area contributed by atoms with Crippen molar-refractivity contribution >= 4 is 13.7 Å². The first-order chi connectivity index (χ1) is 6.67. The van der Waals surface area contributed by atoms with E-state index in [1.165, 1.54) is 13.2 Å². The third-order valence-electron chi connectivity index (χ3n) is 1.70. The number of aryl methyl sites for hydroxylation is 1. The van der Waals surface area contributed by atoms with Crippen LogP contribution in [0.1, 0.15) is 15.9 Å². The van der Waals surface area contributed by atoms with E-state index in [4.69, 9.17) is 9.68 Å². The maximum atomic E-state index is 11.2. The smallest absolute Gasteiger partial charge is 0.504 e. The molecule has 0 aliphatic rings. The van der Waals surface area contributed by atoms with Crippen molar-refractivity contribution in [2.24, 2.45) is 0 Å². The largest absolute Gasteiger partial charge is 0.539 e. The number of esters is 1. The second kappa shape index (κ2) is 4.67. The predicted octanol–water partition coefficient (Wildman–Crippen LogP) is 0.419. The molecule has 4 nitrogen and oxygen atoms in total.